The van der Waals surface area contributed by atoms with Gasteiger partial charge in [-0.3, -0.25) is 4.79 Å². The summed E-state index contributed by atoms with van der Waals surface area (Å²) in [5, 5.41) is 11.7. The zero-order chi connectivity index (χ0) is 14.6. The van der Waals surface area contributed by atoms with Gasteiger partial charge >= 0.3 is 5.97 Å². The number of hydrogen-bond acceptors (Lipinski definition) is 3. The molecule has 4 N–H and O–H groups in total. The molecule has 1 rings (SSSR count). The third kappa shape index (κ3) is 4.37. The van der Waals surface area contributed by atoms with Crippen LogP contribution in [0.3, 0.4) is 0 Å². The zero-order valence-corrected chi connectivity index (χ0v) is 11.4. The van der Waals surface area contributed by atoms with Crippen LogP contribution in [0.15, 0.2) is 18.2 Å². The minimum Gasteiger partial charge on any atom is -0.478 e. The second kappa shape index (κ2) is 6.33. The van der Waals surface area contributed by atoms with E-state index in [0.717, 1.165) is 0 Å². The van der Waals surface area contributed by atoms with Gasteiger partial charge in [0.05, 0.1) is 11.6 Å². The van der Waals surface area contributed by atoms with E-state index >= 15 is 0 Å². The molecule has 0 aromatic heterocycles. The summed E-state index contributed by atoms with van der Waals surface area (Å²) in [5.74, 6) is -0.984. The van der Waals surface area contributed by atoms with E-state index < -0.39 is 12.0 Å². The Labute approximate surface area is 112 Å². The van der Waals surface area contributed by atoms with Crippen molar-refractivity contribution in [3.8, 4) is 0 Å². The van der Waals surface area contributed by atoms with Gasteiger partial charge in [-0.15, -0.1) is 0 Å². The number of aryl methyl sites for hydroxylation is 1. The van der Waals surface area contributed by atoms with Crippen LogP contribution in [0.1, 0.15) is 36.2 Å². The number of hydrogen-bond donors (Lipinski definition) is 3. The van der Waals surface area contributed by atoms with Gasteiger partial charge in [0.25, 0.3) is 0 Å². The van der Waals surface area contributed by atoms with Crippen LogP contribution in [0.2, 0.25) is 0 Å². The molecule has 0 heterocycles. The SMILES string of the molecule is Cc1ccc(NC(=O)[C@@H](N)CC(C)C)cc1C(=O)O. The highest BCUT2D eigenvalue weighted by atomic mass is 16.4. The summed E-state index contributed by atoms with van der Waals surface area (Å²) in [6, 6.07) is 4.18. The van der Waals surface area contributed by atoms with Gasteiger partial charge in [0.15, 0.2) is 0 Å². The summed E-state index contributed by atoms with van der Waals surface area (Å²) in [5.41, 5.74) is 7.04. The van der Waals surface area contributed by atoms with Crippen LogP contribution in [-0.4, -0.2) is 23.0 Å². The Bertz CT molecular complexity index is 484. The maximum Gasteiger partial charge on any atom is 0.336 e. The third-order valence-corrected chi connectivity index (χ3v) is 2.80. The summed E-state index contributed by atoms with van der Waals surface area (Å²) in [7, 11) is 0. The summed E-state index contributed by atoms with van der Waals surface area (Å²) in [6.45, 7) is 5.68. The molecule has 0 aliphatic carbocycles. The lowest BCUT2D eigenvalue weighted by molar-refractivity contribution is -0.117. The highest BCUT2D eigenvalue weighted by Gasteiger charge is 2.16. The van der Waals surface area contributed by atoms with E-state index in [2.05, 4.69) is 5.32 Å². The smallest absolute Gasteiger partial charge is 0.336 e. The minimum atomic E-state index is -1.01. The molecule has 5 nitrogen and oxygen atoms in total. The normalized spacial score (nSPS) is 12.3. The predicted octanol–water partition coefficient (Wildman–Crippen LogP) is 2.01. The Morgan fingerprint density at radius 2 is 2.00 bits per heavy atom. The molecule has 1 amide bonds. The third-order valence-electron chi connectivity index (χ3n) is 2.80. The molecule has 0 spiro atoms. The fourth-order valence-electron chi connectivity index (χ4n) is 1.78. The van der Waals surface area contributed by atoms with Crippen LogP contribution in [0, 0.1) is 12.8 Å². The number of rotatable bonds is 5. The van der Waals surface area contributed by atoms with Gasteiger partial charge in [-0.25, -0.2) is 4.79 Å². The van der Waals surface area contributed by atoms with E-state index in [1.807, 2.05) is 13.8 Å². The van der Waals surface area contributed by atoms with E-state index in [9.17, 15) is 9.59 Å². The van der Waals surface area contributed by atoms with Gasteiger partial charge in [-0.05, 0) is 37.0 Å². The molecule has 0 unspecified atom stereocenters. The van der Waals surface area contributed by atoms with Crippen molar-refractivity contribution in [1.82, 2.24) is 0 Å². The average molecular weight is 264 g/mol. The first-order valence-corrected chi connectivity index (χ1v) is 6.21. The summed E-state index contributed by atoms with van der Waals surface area (Å²) in [4.78, 5) is 22.8. The lowest BCUT2D eigenvalue weighted by atomic mass is 10.0. The number of carbonyl (C=O) groups is 2. The number of amides is 1. The van der Waals surface area contributed by atoms with Gasteiger partial charge < -0.3 is 16.2 Å². The van der Waals surface area contributed by atoms with E-state index in [4.69, 9.17) is 10.8 Å². The number of carbonyl (C=O) groups excluding carboxylic acids is 1. The second-order valence-electron chi connectivity index (χ2n) is 5.06. The maximum absolute atomic E-state index is 11.8. The number of nitrogens with one attached hydrogen (secondary N) is 1. The van der Waals surface area contributed by atoms with E-state index in [1.165, 1.54) is 6.07 Å². The molecule has 0 bridgehead atoms. The zero-order valence-electron chi connectivity index (χ0n) is 11.4. The van der Waals surface area contributed by atoms with Gasteiger partial charge in [0.2, 0.25) is 5.91 Å². The molecule has 19 heavy (non-hydrogen) atoms. The molecule has 5 heteroatoms. The predicted molar refractivity (Wildman–Crippen MR) is 74.2 cm³/mol. The van der Waals surface area contributed by atoms with E-state index in [-0.39, 0.29) is 11.5 Å². The number of nitrogens with two attached hydrogens (primary N) is 1. The monoisotopic (exact) mass is 264 g/mol. The minimum absolute atomic E-state index is 0.176. The number of carboxylic acids is 1. The molecule has 0 aliphatic heterocycles. The molecule has 1 atom stereocenters. The molecule has 0 radical (unpaired) electrons. The maximum atomic E-state index is 11.8. The van der Waals surface area contributed by atoms with Crippen LogP contribution < -0.4 is 11.1 Å². The Morgan fingerprint density at radius 1 is 1.37 bits per heavy atom. The molecule has 104 valence electrons. The Hall–Kier alpha value is -1.88. The van der Waals surface area contributed by atoms with Gasteiger partial charge in [-0.1, -0.05) is 19.9 Å². The first kappa shape index (κ1) is 15.2. The summed E-state index contributed by atoms with van der Waals surface area (Å²) in [6.07, 6.45) is 0.587. The van der Waals surface area contributed by atoms with Crippen molar-refractivity contribution in [3.05, 3.63) is 29.3 Å². The second-order valence-corrected chi connectivity index (χ2v) is 5.06. The Kier molecular flexibility index (Phi) is 5.06. The molecule has 0 aliphatic rings. The molecule has 0 saturated heterocycles. The summed E-state index contributed by atoms with van der Waals surface area (Å²) >= 11 is 0. The molecular formula is C14H20N2O3. The van der Waals surface area contributed by atoms with Crippen molar-refractivity contribution in [2.45, 2.75) is 33.2 Å². The van der Waals surface area contributed by atoms with E-state index in [1.54, 1.807) is 19.1 Å². The molecule has 1 aromatic carbocycles. The highest BCUT2D eigenvalue weighted by molar-refractivity contribution is 5.97. The van der Waals surface area contributed by atoms with Crippen LogP contribution >= 0.6 is 0 Å². The van der Waals surface area contributed by atoms with E-state index in [0.29, 0.717) is 23.6 Å². The van der Waals surface area contributed by atoms with Crippen molar-refractivity contribution < 1.29 is 14.7 Å². The number of aromatic carboxylic acids is 1. The van der Waals surface area contributed by atoms with Crippen molar-refractivity contribution >= 4 is 17.6 Å². The van der Waals surface area contributed by atoms with Crippen molar-refractivity contribution in [1.29, 1.82) is 0 Å². The van der Waals surface area contributed by atoms with Crippen molar-refractivity contribution in [2.24, 2.45) is 11.7 Å². The molecule has 0 saturated carbocycles. The fraction of sp³-hybridized carbons (Fsp3) is 0.429. The standard InChI is InChI=1S/C14H20N2O3/c1-8(2)6-12(15)13(17)16-10-5-4-9(3)11(7-10)14(18)19/h4-5,7-8,12H,6,15H2,1-3H3,(H,16,17)(H,18,19)/t12-/m0/s1. The van der Waals surface area contributed by atoms with Crippen molar-refractivity contribution in [2.75, 3.05) is 5.32 Å². The Morgan fingerprint density at radius 3 is 2.53 bits per heavy atom. The quantitative estimate of drug-likeness (QED) is 0.758. The van der Waals surface area contributed by atoms with Gasteiger partial charge in [-0.2, -0.15) is 0 Å². The largest absolute Gasteiger partial charge is 0.478 e. The fourth-order valence-corrected chi connectivity index (χ4v) is 1.78. The average Bonchev–Trinajstić information content (AvgIpc) is 2.30. The lowest BCUT2D eigenvalue weighted by Gasteiger charge is -2.14. The van der Waals surface area contributed by atoms with Crippen LogP contribution in [0.5, 0.6) is 0 Å². The van der Waals surface area contributed by atoms with Crippen LogP contribution in [0.4, 0.5) is 5.69 Å². The first-order chi connectivity index (χ1) is 8.81. The number of anilines is 1. The number of benzene rings is 1. The van der Waals surface area contributed by atoms with Crippen LogP contribution in [-0.2, 0) is 4.79 Å². The van der Waals surface area contributed by atoms with Crippen molar-refractivity contribution in [3.63, 3.8) is 0 Å². The molecule has 0 fully saturated rings. The lowest BCUT2D eigenvalue weighted by Crippen LogP contribution is -2.36. The van der Waals surface area contributed by atoms with Crippen LogP contribution in [0.25, 0.3) is 0 Å². The highest BCUT2D eigenvalue weighted by Crippen LogP contribution is 2.16. The Balaban J connectivity index is 2.80. The topological polar surface area (TPSA) is 92.4 Å². The van der Waals surface area contributed by atoms with Gasteiger partial charge in [0, 0.05) is 5.69 Å². The number of carboxylic acid groups (broad SMARTS) is 1. The molecular weight excluding hydrogens is 244 g/mol. The first-order valence-electron chi connectivity index (χ1n) is 6.21. The van der Waals surface area contributed by atoms with Gasteiger partial charge in [0.1, 0.15) is 0 Å². The summed E-state index contributed by atoms with van der Waals surface area (Å²) < 4.78 is 0. The molecule has 1 aromatic rings.